The summed E-state index contributed by atoms with van der Waals surface area (Å²) in [5.74, 6) is -0.317. The maximum absolute atomic E-state index is 12.9. The molecule has 1 aromatic heterocycles. The van der Waals surface area contributed by atoms with Gasteiger partial charge in [0.15, 0.2) is 0 Å². The molecule has 2 aromatic rings. The number of nitrogens with one attached hydrogen (secondary N) is 1. The molecule has 1 amide bonds. The SMILES string of the molecule is C[C@@H](NC(=O)c1ccc(-c2ccc(F)cc2)s1)C(C)(C)C. The molecule has 2 rings (SSSR count). The standard InChI is InChI=1S/C17H20FNOS/c1-11(17(2,3)4)19-16(20)15-10-9-14(21-15)12-5-7-13(18)8-6-12/h5-11H,1-4H3,(H,19,20)/t11-/m1/s1. The second-order valence-corrected chi connectivity index (χ2v) is 7.32. The molecule has 1 heterocycles. The lowest BCUT2D eigenvalue weighted by Gasteiger charge is -2.27. The first-order valence-corrected chi connectivity index (χ1v) is 7.75. The van der Waals surface area contributed by atoms with Gasteiger partial charge in [-0.2, -0.15) is 0 Å². The van der Waals surface area contributed by atoms with E-state index in [0.29, 0.717) is 4.88 Å². The number of hydrogen-bond donors (Lipinski definition) is 1. The third kappa shape index (κ3) is 3.91. The van der Waals surface area contributed by atoms with Gasteiger partial charge in [0.2, 0.25) is 0 Å². The van der Waals surface area contributed by atoms with Crippen LogP contribution in [0.15, 0.2) is 36.4 Å². The van der Waals surface area contributed by atoms with Crippen molar-refractivity contribution in [1.29, 1.82) is 0 Å². The van der Waals surface area contributed by atoms with Crippen LogP contribution in [0.25, 0.3) is 10.4 Å². The molecule has 0 aliphatic carbocycles. The fourth-order valence-electron chi connectivity index (χ4n) is 1.71. The van der Waals surface area contributed by atoms with Crippen molar-refractivity contribution in [2.24, 2.45) is 5.41 Å². The minimum Gasteiger partial charge on any atom is -0.348 e. The van der Waals surface area contributed by atoms with Crippen LogP contribution in [0.5, 0.6) is 0 Å². The minimum absolute atomic E-state index is 0.0205. The van der Waals surface area contributed by atoms with Gasteiger partial charge in [-0.1, -0.05) is 32.9 Å². The van der Waals surface area contributed by atoms with Gasteiger partial charge in [-0.05, 0) is 42.2 Å². The average Bonchev–Trinajstić information content (AvgIpc) is 2.88. The Hall–Kier alpha value is -1.68. The quantitative estimate of drug-likeness (QED) is 0.873. The highest BCUT2D eigenvalue weighted by molar-refractivity contribution is 7.17. The van der Waals surface area contributed by atoms with Crippen LogP contribution in [0.1, 0.15) is 37.4 Å². The molecule has 0 bridgehead atoms. The zero-order chi connectivity index (χ0) is 15.6. The van der Waals surface area contributed by atoms with E-state index < -0.39 is 0 Å². The van der Waals surface area contributed by atoms with Gasteiger partial charge in [0.1, 0.15) is 5.82 Å². The predicted octanol–water partition coefficient (Wildman–Crippen LogP) is 4.72. The zero-order valence-corrected chi connectivity index (χ0v) is 13.6. The Morgan fingerprint density at radius 1 is 1.14 bits per heavy atom. The van der Waals surface area contributed by atoms with Crippen LogP contribution >= 0.6 is 11.3 Å². The summed E-state index contributed by atoms with van der Waals surface area (Å²) in [5.41, 5.74) is 0.941. The molecule has 0 aliphatic heterocycles. The van der Waals surface area contributed by atoms with E-state index in [4.69, 9.17) is 0 Å². The monoisotopic (exact) mass is 305 g/mol. The molecule has 0 radical (unpaired) electrons. The van der Waals surface area contributed by atoms with Crippen LogP contribution < -0.4 is 5.32 Å². The van der Waals surface area contributed by atoms with Crippen LogP contribution in [0, 0.1) is 11.2 Å². The van der Waals surface area contributed by atoms with E-state index in [2.05, 4.69) is 26.1 Å². The minimum atomic E-state index is -0.257. The molecule has 0 fully saturated rings. The first-order valence-electron chi connectivity index (χ1n) is 6.94. The highest BCUT2D eigenvalue weighted by atomic mass is 32.1. The lowest BCUT2D eigenvalue weighted by molar-refractivity contribution is 0.0914. The number of halogens is 1. The molecular weight excluding hydrogens is 285 g/mol. The van der Waals surface area contributed by atoms with E-state index in [0.717, 1.165) is 10.4 Å². The average molecular weight is 305 g/mol. The summed E-state index contributed by atoms with van der Waals surface area (Å²) in [6.45, 7) is 8.29. The Morgan fingerprint density at radius 2 is 1.76 bits per heavy atom. The molecule has 1 N–H and O–H groups in total. The van der Waals surface area contributed by atoms with Crippen LogP contribution in [0.4, 0.5) is 4.39 Å². The topological polar surface area (TPSA) is 29.1 Å². The summed E-state index contributed by atoms with van der Waals surface area (Å²) < 4.78 is 12.9. The van der Waals surface area contributed by atoms with Gasteiger partial charge in [-0.15, -0.1) is 11.3 Å². The Kier molecular flexibility index (Phi) is 4.47. The van der Waals surface area contributed by atoms with Gasteiger partial charge in [-0.3, -0.25) is 4.79 Å². The Balaban J connectivity index is 2.13. The number of carbonyl (C=O) groups is 1. The molecule has 0 saturated heterocycles. The molecule has 0 unspecified atom stereocenters. The summed E-state index contributed by atoms with van der Waals surface area (Å²) >= 11 is 1.42. The molecule has 21 heavy (non-hydrogen) atoms. The summed E-state index contributed by atoms with van der Waals surface area (Å²) in [6.07, 6.45) is 0. The Bertz CT molecular complexity index is 625. The second kappa shape index (κ2) is 5.98. The largest absolute Gasteiger partial charge is 0.348 e. The smallest absolute Gasteiger partial charge is 0.261 e. The van der Waals surface area contributed by atoms with Crippen LogP contribution in [0.3, 0.4) is 0 Å². The van der Waals surface area contributed by atoms with E-state index in [1.807, 2.05) is 19.1 Å². The third-order valence-electron chi connectivity index (χ3n) is 3.61. The number of hydrogen-bond acceptors (Lipinski definition) is 2. The van der Waals surface area contributed by atoms with E-state index >= 15 is 0 Å². The summed E-state index contributed by atoms with van der Waals surface area (Å²) in [6, 6.07) is 10.1. The molecular formula is C17H20FNOS. The van der Waals surface area contributed by atoms with Gasteiger partial charge >= 0.3 is 0 Å². The number of carbonyl (C=O) groups excluding carboxylic acids is 1. The predicted molar refractivity (Wildman–Crippen MR) is 86.1 cm³/mol. The first kappa shape index (κ1) is 15.7. The normalized spacial score (nSPS) is 13.0. The van der Waals surface area contributed by atoms with Gasteiger partial charge in [0.25, 0.3) is 5.91 Å². The number of rotatable bonds is 3. The van der Waals surface area contributed by atoms with Crippen molar-refractivity contribution >= 4 is 17.2 Å². The van der Waals surface area contributed by atoms with Crippen molar-refractivity contribution in [3.8, 4) is 10.4 Å². The van der Waals surface area contributed by atoms with Crippen LogP contribution in [0.2, 0.25) is 0 Å². The van der Waals surface area contributed by atoms with Crippen molar-refractivity contribution in [1.82, 2.24) is 5.32 Å². The molecule has 1 aromatic carbocycles. The molecule has 4 heteroatoms. The maximum atomic E-state index is 12.9. The second-order valence-electron chi connectivity index (χ2n) is 6.23. The first-order chi connectivity index (χ1) is 9.77. The van der Waals surface area contributed by atoms with Crippen LogP contribution in [-0.2, 0) is 0 Å². The molecule has 112 valence electrons. The molecule has 0 spiro atoms. The summed E-state index contributed by atoms with van der Waals surface area (Å²) in [4.78, 5) is 13.9. The van der Waals surface area contributed by atoms with Crippen molar-refractivity contribution < 1.29 is 9.18 Å². The lowest BCUT2D eigenvalue weighted by atomic mass is 9.88. The fraction of sp³-hybridized carbons (Fsp3) is 0.353. The number of benzene rings is 1. The van der Waals surface area contributed by atoms with Crippen molar-refractivity contribution in [3.05, 3.63) is 47.1 Å². The van der Waals surface area contributed by atoms with Crippen molar-refractivity contribution in [2.45, 2.75) is 33.7 Å². The Morgan fingerprint density at radius 3 is 2.33 bits per heavy atom. The maximum Gasteiger partial charge on any atom is 0.261 e. The highest BCUT2D eigenvalue weighted by Gasteiger charge is 2.22. The number of thiophene rings is 1. The molecule has 0 aliphatic rings. The van der Waals surface area contributed by atoms with Crippen molar-refractivity contribution in [3.63, 3.8) is 0 Å². The molecule has 2 nitrogen and oxygen atoms in total. The molecule has 1 atom stereocenters. The summed E-state index contributed by atoms with van der Waals surface area (Å²) in [7, 11) is 0. The van der Waals surface area contributed by atoms with Crippen LogP contribution in [-0.4, -0.2) is 11.9 Å². The summed E-state index contributed by atoms with van der Waals surface area (Å²) in [5, 5.41) is 3.02. The lowest BCUT2D eigenvalue weighted by Crippen LogP contribution is -2.41. The van der Waals surface area contributed by atoms with E-state index in [1.54, 1.807) is 12.1 Å². The highest BCUT2D eigenvalue weighted by Crippen LogP contribution is 2.28. The fourth-order valence-corrected chi connectivity index (χ4v) is 2.63. The van der Waals surface area contributed by atoms with Gasteiger partial charge in [0.05, 0.1) is 4.88 Å². The number of amides is 1. The van der Waals surface area contributed by atoms with E-state index in [-0.39, 0.29) is 23.2 Å². The third-order valence-corrected chi connectivity index (χ3v) is 4.74. The van der Waals surface area contributed by atoms with Gasteiger partial charge < -0.3 is 5.32 Å². The Labute approximate surface area is 129 Å². The zero-order valence-electron chi connectivity index (χ0n) is 12.7. The van der Waals surface area contributed by atoms with Gasteiger partial charge in [-0.25, -0.2) is 4.39 Å². The van der Waals surface area contributed by atoms with Crippen molar-refractivity contribution in [2.75, 3.05) is 0 Å². The van der Waals surface area contributed by atoms with E-state index in [9.17, 15) is 9.18 Å². The van der Waals surface area contributed by atoms with E-state index in [1.165, 1.54) is 23.5 Å². The molecule has 0 saturated carbocycles. The van der Waals surface area contributed by atoms with Gasteiger partial charge in [0, 0.05) is 10.9 Å².